The summed E-state index contributed by atoms with van der Waals surface area (Å²) < 4.78 is 5.26. The molecule has 0 aliphatic rings. The van der Waals surface area contributed by atoms with Crippen LogP contribution in [0.15, 0.2) is 52.1 Å². The monoisotopic (exact) mass is 401 g/mol. The number of nitrogens with zero attached hydrogens (tertiary/aromatic N) is 1. The number of phenolic OH excluding ortho intramolecular Hbond substituents is 1. The molecule has 0 saturated heterocycles. The van der Waals surface area contributed by atoms with Gasteiger partial charge in [0.2, 0.25) is 0 Å². The van der Waals surface area contributed by atoms with Crippen LogP contribution in [0.4, 0.5) is 0 Å². The third-order valence-electron chi connectivity index (χ3n) is 2.71. The molecular weight excluding hydrogens is 381 g/mol. The lowest BCUT2D eigenvalue weighted by Gasteiger charge is -2.10. The van der Waals surface area contributed by atoms with Gasteiger partial charge >= 0.3 is 0 Å². The predicted molar refractivity (Wildman–Crippen MR) is 93.9 cm³/mol. The average Bonchev–Trinajstić information content (AvgIpc) is 2.97. The molecule has 2 aromatic rings. The summed E-state index contributed by atoms with van der Waals surface area (Å²) in [6.45, 7) is 3.95. The fourth-order valence-corrected chi connectivity index (χ4v) is 1.70. The van der Waals surface area contributed by atoms with E-state index >= 15 is 0 Å². The fourth-order valence-electron chi connectivity index (χ4n) is 1.70. The van der Waals surface area contributed by atoms with E-state index in [-0.39, 0.29) is 29.7 Å². The van der Waals surface area contributed by atoms with Crippen molar-refractivity contribution in [2.45, 2.75) is 20.0 Å². The van der Waals surface area contributed by atoms with Crippen molar-refractivity contribution in [2.75, 3.05) is 6.54 Å². The highest BCUT2D eigenvalue weighted by molar-refractivity contribution is 14.0. The van der Waals surface area contributed by atoms with E-state index in [2.05, 4.69) is 15.6 Å². The molecule has 0 aliphatic carbocycles. The lowest BCUT2D eigenvalue weighted by Crippen LogP contribution is -2.36. The highest BCUT2D eigenvalue weighted by Crippen LogP contribution is 2.10. The number of nitrogens with one attached hydrogen (secondary N) is 2. The SMILES string of the molecule is CCNC(=NCc1ccc(O)cc1)NCc1ccco1.I. The molecule has 0 radical (unpaired) electrons. The molecule has 0 bridgehead atoms. The Balaban J connectivity index is 0.00000220. The summed E-state index contributed by atoms with van der Waals surface area (Å²) in [5.41, 5.74) is 1.04. The first-order valence-electron chi connectivity index (χ1n) is 6.60. The number of rotatable bonds is 5. The van der Waals surface area contributed by atoms with Gasteiger partial charge in [0, 0.05) is 6.54 Å². The van der Waals surface area contributed by atoms with Crippen molar-refractivity contribution in [1.82, 2.24) is 10.6 Å². The van der Waals surface area contributed by atoms with E-state index in [4.69, 9.17) is 4.42 Å². The zero-order valence-corrected chi connectivity index (χ0v) is 14.2. The quantitative estimate of drug-likeness (QED) is 0.410. The van der Waals surface area contributed by atoms with E-state index in [1.54, 1.807) is 18.4 Å². The molecule has 0 spiro atoms. The Morgan fingerprint density at radius 1 is 1.19 bits per heavy atom. The molecule has 2 rings (SSSR count). The van der Waals surface area contributed by atoms with Crippen LogP contribution >= 0.6 is 24.0 Å². The van der Waals surface area contributed by atoms with Crippen LogP contribution in [0.5, 0.6) is 5.75 Å². The first-order chi connectivity index (χ1) is 9.78. The topological polar surface area (TPSA) is 69.8 Å². The number of furan rings is 1. The summed E-state index contributed by atoms with van der Waals surface area (Å²) >= 11 is 0. The summed E-state index contributed by atoms with van der Waals surface area (Å²) in [6.07, 6.45) is 1.65. The normalized spacial score (nSPS) is 10.8. The number of hydrogen-bond acceptors (Lipinski definition) is 3. The van der Waals surface area contributed by atoms with Crippen LogP contribution in [0.2, 0.25) is 0 Å². The molecule has 0 saturated carbocycles. The van der Waals surface area contributed by atoms with Crippen LogP contribution in [-0.2, 0) is 13.1 Å². The number of benzene rings is 1. The maximum absolute atomic E-state index is 9.24. The van der Waals surface area contributed by atoms with Crippen molar-refractivity contribution in [3.8, 4) is 5.75 Å². The molecule has 0 unspecified atom stereocenters. The number of aromatic hydroxyl groups is 1. The smallest absolute Gasteiger partial charge is 0.191 e. The predicted octanol–water partition coefficient (Wildman–Crippen LogP) is 2.86. The van der Waals surface area contributed by atoms with Crippen LogP contribution in [0.25, 0.3) is 0 Å². The maximum atomic E-state index is 9.24. The van der Waals surface area contributed by atoms with Crippen molar-refractivity contribution >= 4 is 29.9 Å². The van der Waals surface area contributed by atoms with Crippen LogP contribution in [0.3, 0.4) is 0 Å². The highest BCUT2D eigenvalue weighted by atomic mass is 127. The molecule has 3 N–H and O–H groups in total. The molecule has 0 fully saturated rings. The lowest BCUT2D eigenvalue weighted by atomic mass is 10.2. The number of phenols is 1. The van der Waals surface area contributed by atoms with Crippen molar-refractivity contribution in [2.24, 2.45) is 4.99 Å². The van der Waals surface area contributed by atoms with Crippen LogP contribution in [0.1, 0.15) is 18.2 Å². The molecular formula is C15H20IN3O2. The lowest BCUT2D eigenvalue weighted by molar-refractivity contribution is 0.475. The summed E-state index contributed by atoms with van der Waals surface area (Å²) in [7, 11) is 0. The van der Waals surface area contributed by atoms with Gasteiger partial charge in [-0.15, -0.1) is 24.0 Å². The van der Waals surface area contributed by atoms with Gasteiger partial charge in [0.15, 0.2) is 5.96 Å². The Kier molecular flexibility index (Phi) is 7.66. The minimum Gasteiger partial charge on any atom is -0.508 e. The molecule has 0 aliphatic heterocycles. The van der Waals surface area contributed by atoms with Gasteiger partial charge in [-0.05, 0) is 36.8 Å². The molecule has 5 nitrogen and oxygen atoms in total. The van der Waals surface area contributed by atoms with E-state index in [1.165, 1.54) is 0 Å². The minimum atomic E-state index is 0. The molecule has 1 aromatic carbocycles. The first-order valence-corrected chi connectivity index (χ1v) is 6.60. The van der Waals surface area contributed by atoms with E-state index < -0.39 is 0 Å². The summed E-state index contributed by atoms with van der Waals surface area (Å²) in [6, 6.07) is 10.8. The minimum absolute atomic E-state index is 0. The van der Waals surface area contributed by atoms with E-state index in [0.717, 1.165) is 23.8 Å². The van der Waals surface area contributed by atoms with Crippen LogP contribution in [-0.4, -0.2) is 17.6 Å². The molecule has 1 aromatic heterocycles. The van der Waals surface area contributed by atoms with Gasteiger partial charge in [-0.1, -0.05) is 12.1 Å². The third-order valence-corrected chi connectivity index (χ3v) is 2.71. The Morgan fingerprint density at radius 3 is 2.57 bits per heavy atom. The summed E-state index contributed by atoms with van der Waals surface area (Å²) in [4.78, 5) is 4.48. The number of aliphatic imine (C=N–C) groups is 1. The van der Waals surface area contributed by atoms with Crippen molar-refractivity contribution in [1.29, 1.82) is 0 Å². The molecule has 114 valence electrons. The number of halogens is 1. The van der Waals surface area contributed by atoms with Gasteiger partial charge in [-0.2, -0.15) is 0 Å². The van der Waals surface area contributed by atoms with E-state index in [1.807, 2.05) is 31.2 Å². The zero-order chi connectivity index (χ0) is 14.2. The standard InChI is InChI=1S/C15H19N3O2.HI/c1-2-16-15(18-11-14-4-3-9-20-14)17-10-12-5-7-13(19)8-6-12;/h3-9,19H,2,10-11H2,1H3,(H2,16,17,18);1H. The fraction of sp³-hybridized carbons (Fsp3) is 0.267. The van der Waals surface area contributed by atoms with Gasteiger partial charge in [0.1, 0.15) is 11.5 Å². The summed E-state index contributed by atoms with van der Waals surface area (Å²) in [5, 5.41) is 15.6. The first kappa shape index (κ1) is 17.4. The molecule has 6 heteroatoms. The molecule has 1 heterocycles. The average molecular weight is 401 g/mol. The molecule has 21 heavy (non-hydrogen) atoms. The zero-order valence-electron chi connectivity index (χ0n) is 11.9. The van der Waals surface area contributed by atoms with Gasteiger partial charge in [0.25, 0.3) is 0 Å². The second-order valence-corrected chi connectivity index (χ2v) is 4.29. The highest BCUT2D eigenvalue weighted by Gasteiger charge is 2.00. The van der Waals surface area contributed by atoms with Crippen LogP contribution in [0, 0.1) is 0 Å². The van der Waals surface area contributed by atoms with Crippen molar-refractivity contribution in [3.05, 3.63) is 54.0 Å². The number of guanidine groups is 1. The third kappa shape index (κ3) is 6.07. The Bertz CT molecular complexity index is 539. The summed E-state index contributed by atoms with van der Waals surface area (Å²) in [5.74, 6) is 1.86. The van der Waals surface area contributed by atoms with Gasteiger partial charge in [-0.3, -0.25) is 0 Å². The Labute approximate surface area is 141 Å². The Morgan fingerprint density at radius 2 is 1.95 bits per heavy atom. The second kappa shape index (κ2) is 9.28. The largest absolute Gasteiger partial charge is 0.508 e. The van der Waals surface area contributed by atoms with E-state index in [9.17, 15) is 5.11 Å². The van der Waals surface area contributed by atoms with Crippen LogP contribution < -0.4 is 10.6 Å². The Hall–Kier alpha value is -1.70. The maximum Gasteiger partial charge on any atom is 0.191 e. The van der Waals surface area contributed by atoms with Crippen molar-refractivity contribution in [3.63, 3.8) is 0 Å². The van der Waals surface area contributed by atoms with E-state index in [0.29, 0.717) is 13.1 Å². The number of hydrogen-bond donors (Lipinski definition) is 3. The van der Waals surface area contributed by atoms with Gasteiger partial charge in [0.05, 0.1) is 19.4 Å². The molecule has 0 atom stereocenters. The van der Waals surface area contributed by atoms with Gasteiger partial charge < -0.3 is 20.2 Å². The molecule has 0 amide bonds. The van der Waals surface area contributed by atoms with Crippen molar-refractivity contribution < 1.29 is 9.52 Å². The second-order valence-electron chi connectivity index (χ2n) is 4.29. The van der Waals surface area contributed by atoms with Gasteiger partial charge in [-0.25, -0.2) is 4.99 Å².